The highest BCUT2D eigenvalue weighted by Crippen LogP contribution is 2.26. The number of rotatable bonds is 2. The molecule has 0 bridgehead atoms. The molecule has 0 aliphatic heterocycles. The SMILES string of the molecule is Cc1ccc(C)c(C(O)c2ccc(Cl)cc2)c1. The van der Waals surface area contributed by atoms with Crippen molar-refractivity contribution in [1.29, 1.82) is 0 Å². The van der Waals surface area contributed by atoms with E-state index in [-0.39, 0.29) is 0 Å². The molecule has 1 N–H and O–H groups in total. The Kier molecular flexibility index (Phi) is 3.51. The van der Waals surface area contributed by atoms with Crippen LogP contribution in [-0.4, -0.2) is 5.11 Å². The van der Waals surface area contributed by atoms with Crippen molar-refractivity contribution in [1.82, 2.24) is 0 Å². The molecule has 17 heavy (non-hydrogen) atoms. The van der Waals surface area contributed by atoms with Crippen LogP contribution in [-0.2, 0) is 0 Å². The predicted molar refractivity (Wildman–Crippen MR) is 71.4 cm³/mol. The Morgan fingerprint density at radius 2 is 1.65 bits per heavy atom. The number of aliphatic hydroxyl groups excluding tert-OH is 1. The second-order valence-electron chi connectivity index (χ2n) is 4.31. The summed E-state index contributed by atoms with van der Waals surface area (Å²) in [4.78, 5) is 0. The Morgan fingerprint density at radius 1 is 1.00 bits per heavy atom. The standard InChI is InChI=1S/C15H15ClO/c1-10-3-4-11(2)14(9-10)15(17)12-5-7-13(16)8-6-12/h3-9,15,17H,1-2H3. The van der Waals surface area contributed by atoms with Gasteiger partial charge in [-0.15, -0.1) is 0 Å². The van der Waals surface area contributed by atoms with Crippen molar-refractivity contribution in [2.75, 3.05) is 0 Å². The summed E-state index contributed by atoms with van der Waals surface area (Å²) in [7, 11) is 0. The molecule has 1 unspecified atom stereocenters. The van der Waals surface area contributed by atoms with Gasteiger partial charge in [-0.3, -0.25) is 0 Å². The Bertz CT molecular complexity index is 517. The first-order chi connectivity index (χ1) is 8.08. The van der Waals surface area contributed by atoms with Crippen molar-refractivity contribution in [2.45, 2.75) is 20.0 Å². The Balaban J connectivity index is 2.39. The smallest absolute Gasteiger partial charge is 0.104 e. The summed E-state index contributed by atoms with van der Waals surface area (Å²) in [6, 6.07) is 13.4. The van der Waals surface area contributed by atoms with E-state index in [9.17, 15) is 5.11 Å². The van der Waals surface area contributed by atoms with E-state index in [1.165, 1.54) is 0 Å². The van der Waals surface area contributed by atoms with E-state index in [0.717, 1.165) is 22.3 Å². The van der Waals surface area contributed by atoms with Crippen molar-refractivity contribution >= 4 is 11.6 Å². The van der Waals surface area contributed by atoms with Gasteiger partial charge >= 0.3 is 0 Å². The lowest BCUT2D eigenvalue weighted by Gasteiger charge is -2.15. The first kappa shape index (κ1) is 12.2. The molecule has 0 heterocycles. The highest BCUT2D eigenvalue weighted by atomic mass is 35.5. The van der Waals surface area contributed by atoms with Crippen LogP contribution in [0.15, 0.2) is 42.5 Å². The normalized spacial score (nSPS) is 12.5. The fourth-order valence-electron chi connectivity index (χ4n) is 1.88. The molecular weight excluding hydrogens is 232 g/mol. The van der Waals surface area contributed by atoms with E-state index < -0.39 is 6.10 Å². The maximum absolute atomic E-state index is 10.3. The van der Waals surface area contributed by atoms with Gasteiger partial charge in [-0.25, -0.2) is 0 Å². The average Bonchev–Trinajstić information content (AvgIpc) is 2.32. The molecule has 0 spiro atoms. The number of aryl methyl sites for hydroxylation is 2. The topological polar surface area (TPSA) is 20.2 Å². The lowest BCUT2D eigenvalue weighted by Crippen LogP contribution is -2.02. The highest BCUT2D eigenvalue weighted by molar-refractivity contribution is 6.30. The third-order valence-corrected chi connectivity index (χ3v) is 3.17. The molecule has 2 aromatic carbocycles. The number of benzene rings is 2. The summed E-state index contributed by atoms with van der Waals surface area (Å²) in [5.74, 6) is 0. The largest absolute Gasteiger partial charge is 0.384 e. The summed E-state index contributed by atoms with van der Waals surface area (Å²) in [6.45, 7) is 4.03. The average molecular weight is 247 g/mol. The molecule has 0 radical (unpaired) electrons. The van der Waals surface area contributed by atoms with E-state index in [1.807, 2.05) is 44.2 Å². The first-order valence-electron chi connectivity index (χ1n) is 5.58. The molecule has 0 fully saturated rings. The number of aliphatic hydroxyl groups is 1. The zero-order valence-electron chi connectivity index (χ0n) is 9.94. The number of hydrogen-bond donors (Lipinski definition) is 1. The molecule has 1 nitrogen and oxygen atoms in total. The van der Waals surface area contributed by atoms with Gasteiger partial charge in [0.25, 0.3) is 0 Å². The van der Waals surface area contributed by atoms with Crippen molar-refractivity contribution < 1.29 is 5.11 Å². The summed E-state index contributed by atoms with van der Waals surface area (Å²) in [6.07, 6.45) is -0.591. The van der Waals surface area contributed by atoms with E-state index in [1.54, 1.807) is 12.1 Å². The number of halogens is 1. The highest BCUT2D eigenvalue weighted by Gasteiger charge is 2.12. The van der Waals surface area contributed by atoms with Crippen LogP contribution in [0.3, 0.4) is 0 Å². The molecule has 0 saturated heterocycles. The van der Waals surface area contributed by atoms with Gasteiger partial charge in [-0.1, -0.05) is 47.5 Å². The second kappa shape index (κ2) is 4.91. The van der Waals surface area contributed by atoms with Gasteiger partial charge in [0.05, 0.1) is 0 Å². The van der Waals surface area contributed by atoms with Gasteiger partial charge in [0.1, 0.15) is 6.10 Å². The second-order valence-corrected chi connectivity index (χ2v) is 4.75. The van der Waals surface area contributed by atoms with Crippen LogP contribution < -0.4 is 0 Å². The van der Waals surface area contributed by atoms with Crippen LogP contribution in [0.4, 0.5) is 0 Å². The molecule has 0 aliphatic rings. The molecule has 1 atom stereocenters. The Labute approximate surface area is 107 Å². The predicted octanol–water partition coefficient (Wildman–Crippen LogP) is 4.04. The minimum Gasteiger partial charge on any atom is -0.384 e. The third-order valence-electron chi connectivity index (χ3n) is 2.92. The quantitative estimate of drug-likeness (QED) is 0.848. The van der Waals surface area contributed by atoms with Gasteiger partial charge < -0.3 is 5.11 Å². The van der Waals surface area contributed by atoms with Gasteiger partial charge in [0.2, 0.25) is 0 Å². The van der Waals surface area contributed by atoms with E-state index in [2.05, 4.69) is 0 Å². The maximum Gasteiger partial charge on any atom is 0.104 e. The molecule has 88 valence electrons. The minimum absolute atomic E-state index is 0.591. The van der Waals surface area contributed by atoms with Gasteiger partial charge in [0.15, 0.2) is 0 Å². The zero-order chi connectivity index (χ0) is 12.4. The fourth-order valence-corrected chi connectivity index (χ4v) is 2.01. The van der Waals surface area contributed by atoms with Crippen LogP contribution in [0.25, 0.3) is 0 Å². The summed E-state index contributed by atoms with van der Waals surface area (Å²) >= 11 is 5.84. The monoisotopic (exact) mass is 246 g/mol. The molecule has 0 aliphatic carbocycles. The lowest BCUT2D eigenvalue weighted by molar-refractivity contribution is 0.219. The van der Waals surface area contributed by atoms with Crippen LogP contribution in [0.2, 0.25) is 5.02 Å². The molecule has 2 heteroatoms. The number of hydrogen-bond acceptors (Lipinski definition) is 1. The van der Waals surface area contributed by atoms with E-state index in [0.29, 0.717) is 5.02 Å². The molecule has 2 aromatic rings. The van der Waals surface area contributed by atoms with Gasteiger partial charge in [-0.05, 0) is 42.7 Å². The molecule has 0 aromatic heterocycles. The molecule has 0 saturated carbocycles. The fraction of sp³-hybridized carbons (Fsp3) is 0.200. The lowest BCUT2D eigenvalue weighted by atomic mass is 9.96. The van der Waals surface area contributed by atoms with Gasteiger partial charge in [-0.2, -0.15) is 0 Å². The molecule has 0 amide bonds. The van der Waals surface area contributed by atoms with E-state index in [4.69, 9.17) is 11.6 Å². The van der Waals surface area contributed by atoms with Crippen LogP contribution in [0.1, 0.15) is 28.4 Å². The molecular formula is C15H15ClO. The third kappa shape index (κ3) is 2.68. The summed E-state index contributed by atoms with van der Waals surface area (Å²) < 4.78 is 0. The van der Waals surface area contributed by atoms with Crippen LogP contribution in [0, 0.1) is 13.8 Å². The van der Waals surface area contributed by atoms with Crippen molar-refractivity contribution in [3.05, 3.63) is 69.7 Å². The Morgan fingerprint density at radius 3 is 2.29 bits per heavy atom. The minimum atomic E-state index is -0.591. The zero-order valence-corrected chi connectivity index (χ0v) is 10.7. The first-order valence-corrected chi connectivity index (χ1v) is 5.96. The van der Waals surface area contributed by atoms with E-state index >= 15 is 0 Å². The van der Waals surface area contributed by atoms with Crippen LogP contribution in [0.5, 0.6) is 0 Å². The van der Waals surface area contributed by atoms with Crippen molar-refractivity contribution in [2.24, 2.45) is 0 Å². The Hall–Kier alpha value is -1.31. The van der Waals surface area contributed by atoms with Crippen LogP contribution >= 0.6 is 11.6 Å². The van der Waals surface area contributed by atoms with Gasteiger partial charge in [0, 0.05) is 5.02 Å². The van der Waals surface area contributed by atoms with Crippen molar-refractivity contribution in [3.8, 4) is 0 Å². The van der Waals surface area contributed by atoms with Crippen molar-refractivity contribution in [3.63, 3.8) is 0 Å². The maximum atomic E-state index is 10.3. The molecule has 2 rings (SSSR count). The summed E-state index contributed by atoms with van der Waals surface area (Å²) in [5.41, 5.74) is 4.06. The summed E-state index contributed by atoms with van der Waals surface area (Å²) in [5, 5.41) is 11.0.